The number of halogens is 1. The van der Waals surface area contributed by atoms with Gasteiger partial charge in [0.05, 0.1) is 12.1 Å². The van der Waals surface area contributed by atoms with Gasteiger partial charge in [0, 0.05) is 15.7 Å². The minimum absolute atomic E-state index is 0.132. The molecule has 0 fully saturated rings. The van der Waals surface area contributed by atoms with Crippen LogP contribution in [0, 0.1) is 0 Å². The van der Waals surface area contributed by atoms with E-state index >= 15 is 0 Å². The summed E-state index contributed by atoms with van der Waals surface area (Å²) < 4.78 is 12.6. The van der Waals surface area contributed by atoms with E-state index in [0.29, 0.717) is 15.7 Å². The molecule has 0 radical (unpaired) electrons. The lowest BCUT2D eigenvalue weighted by atomic mass is 10.1. The molecule has 0 aromatic heterocycles. The molecule has 0 aliphatic heterocycles. The molecule has 2 aromatic carbocycles. The van der Waals surface area contributed by atoms with Gasteiger partial charge in [-0.05, 0) is 12.1 Å². The maximum Gasteiger partial charge on any atom is 0.161 e. The van der Waals surface area contributed by atoms with Crippen LogP contribution in [0.2, 0.25) is 0 Å². The van der Waals surface area contributed by atoms with Gasteiger partial charge in [-0.15, -0.1) is 0 Å². The van der Waals surface area contributed by atoms with Gasteiger partial charge in [0.25, 0.3) is 0 Å². The van der Waals surface area contributed by atoms with Crippen molar-refractivity contribution in [2.24, 2.45) is 0 Å². The van der Waals surface area contributed by atoms with Crippen molar-refractivity contribution in [3.05, 3.63) is 36.4 Å². The van der Waals surface area contributed by atoms with E-state index in [4.69, 9.17) is 10.4 Å². The Morgan fingerprint density at radius 2 is 1.75 bits per heavy atom. The Kier molecular flexibility index (Phi) is 3.25. The summed E-state index contributed by atoms with van der Waals surface area (Å²) in [5, 5.41) is 18.0. The largest absolute Gasteiger partial charge is 0.357 e. The summed E-state index contributed by atoms with van der Waals surface area (Å²) in [5.74, 6) is 0.235. The second-order valence-electron chi connectivity index (χ2n) is 3.03. The smallest absolute Gasteiger partial charge is 0.161 e. The molecule has 0 amide bonds. The highest BCUT2D eigenvalue weighted by Gasteiger charge is 2.09. The third-order valence-corrected chi connectivity index (χ3v) is 2.63. The predicted molar refractivity (Wildman–Crippen MR) is 57.0 cm³/mol. The molecule has 0 saturated carbocycles. The Bertz CT molecular complexity index is 506. The Morgan fingerprint density at radius 1 is 1.06 bits per heavy atom. The summed E-state index contributed by atoms with van der Waals surface area (Å²) in [6.07, 6.45) is 0. The minimum atomic E-state index is -0.385. The SMILES string of the molecule is ON(O)Oc1ccc(SF)c2ccccc12. The molecule has 0 bridgehead atoms. The molecule has 0 heterocycles. The lowest BCUT2D eigenvalue weighted by Gasteiger charge is -2.11. The Hall–Kier alpha value is -1.34. The van der Waals surface area contributed by atoms with Gasteiger partial charge in [0.1, 0.15) is 5.39 Å². The lowest BCUT2D eigenvalue weighted by Crippen LogP contribution is -2.18. The normalized spacial score (nSPS) is 11.0. The van der Waals surface area contributed by atoms with Gasteiger partial charge < -0.3 is 4.84 Å². The fourth-order valence-electron chi connectivity index (χ4n) is 1.48. The van der Waals surface area contributed by atoms with Crippen LogP contribution in [0.3, 0.4) is 0 Å². The maximum atomic E-state index is 12.6. The highest BCUT2D eigenvalue weighted by molar-refractivity contribution is 7.94. The number of rotatable bonds is 3. The molecule has 16 heavy (non-hydrogen) atoms. The summed E-state index contributed by atoms with van der Waals surface area (Å²) in [7, 11) is 0. The summed E-state index contributed by atoms with van der Waals surface area (Å²) in [4.78, 5) is 5.09. The van der Waals surface area contributed by atoms with E-state index in [1.165, 1.54) is 12.1 Å². The van der Waals surface area contributed by atoms with Gasteiger partial charge in [-0.25, -0.2) is 0 Å². The molecule has 0 saturated heterocycles. The third kappa shape index (κ3) is 2.10. The van der Waals surface area contributed by atoms with E-state index in [2.05, 4.69) is 4.84 Å². The van der Waals surface area contributed by atoms with Crippen LogP contribution < -0.4 is 4.84 Å². The van der Waals surface area contributed by atoms with Crippen LogP contribution in [0.25, 0.3) is 10.8 Å². The zero-order valence-corrected chi connectivity index (χ0v) is 8.82. The van der Waals surface area contributed by atoms with E-state index in [1.54, 1.807) is 24.3 Å². The Morgan fingerprint density at radius 3 is 2.38 bits per heavy atom. The molecule has 0 unspecified atom stereocenters. The van der Waals surface area contributed by atoms with Crippen molar-refractivity contribution in [1.29, 1.82) is 0 Å². The van der Waals surface area contributed by atoms with Crippen LogP contribution >= 0.6 is 12.1 Å². The average molecular weight is 241 g/mol. The first-order valence-electron chi connectivity index (χ1n) is 4.38. The molecule has 0 aliphatic rings. The minimum Gasteiger partial charge on any atom is -0.357 e. The summed E-state index contributed by atoms with van der Waals surface area (Å²) in [6.45, 7) is 0. The first-order valence-corrected chi connectivity index (χ1v) is 5.10. The van der Waals surface area contributed by atoms with Crippen LogP contribution in [0.5, 0.6) is 5.75 Å². The van der Waals surface area contributed by atoms with Crippen LogP contribution in [0.4, 0.5) is 3.89 Å². The number of hydrogen-bond donors (Lipinski definition) is 2. The summed E-state index contributed by atoms with van der Waals surface area (Å²) >= 11 is 0.132. The van der Waals surface area contributed by atoms with Crippen molar-refractivity contribution < 1.29 is 19.1 Å². The topological polar surface area (TPSA) is 52.9 Å². The molecule has 0 aliphatic carbocycles. The molecule has 2 rings (SSSR count). The average Bonchev–Trinajstić information content (AvgIpc) is 2.29. The molecule has 2 N–H and O–H groups in total. The van der Waals surface area contributed by atoms with Crippen molar-refractivity contribution in [2.75, 3.05) is 0 Å². The molecular formula is C10H8FNO3S. The fraction of sp³-hybridized carbons (Fsp3) is 0. The van der Waals surface area contributed by atoms with Crippen molar-refractivity contribution >= 4 is 22.9 Å². The van der Waals surface area contributed by atoms with Crippen molar-refractivity contribution in [3.63, 3.8) is 0 Å². The van der Waals surface area contributed by atoms with Gasteiger partial charge in [0.2, 0.25) is 0 Å². The highest BCUT2D eigenvalue weighted by atomic mass is 32.2. The van der Waals surface area contributed by atoms with Crippen LogP contribution in [-0.2, 0) is 0 Å². The molecule has 0 atom stereocenters. The van der Waals surface area contributed by atoms with Gasteiger partial charge in [0.15, 0.2) is 5.75 Å². The molecule has 6 heteroatoms. The van der Waals surface area contributed by atoms with Crippen LogP contribution in [-0.4, -0.2) is 15.8 Å². The Balaban J connectivity index is 2.60. The standard InChI is InChI=1S/C10H8FNO3S/c11-16-10-6-5-9(15-12(13)14)7-3-1-2-4-8(7)10/h1-6,13-14H. The first kappa shape index (κ1) is 11.2. The second kappa shape index (κ2) is 4.67. The first-order chi connectivity index (χ1) is 7.72. The van der Waals surface area contributed by atoms with Gasteiger partial charge in [-0.3, -0.25) is 10.4 Å². The summed E-state index contributed by atoms with van der Waals surface area (Å²) in [5.41, 5.74) is 0. The van der Waals surface area contributed by atoms with Gasteiger partial charge in [-0.1, -0.05) is 24.3 Å². The van der Waals surface area contributed by atoms with Crippen molar-refractivity contribution in [1.82, 2.24) is 5.39 Å². The Labute approximate surface area is 95.0 Å². The second-order valence-corrected chi connectivity index (χ2v) is 3.62. The number of benzene rings is 2. The monoisotopic (exact) mass is 241 g/mol. The number of hydrogen-bond acceptors (Lipinski definition) is 5. The van der Waals surface area contributed by atoms with Crippen molar-refractivity contribution in [3.8, 4) is 5.75 Å². The van der Waals surface area contributed by atoms with Gasteiger partial charge >= 0.3 is 0 Å². The van der Waals surface area contributed by atoms with E-state index in [1.807, 2.05) is 0 Å². The third-order valence-electron chi connectivity index (χ3n) is 2.11. The lowest BCUT2D eigenvalue weighted by molar-refractivity contribution is -0.451. The molecular weight excluding hydrogens is 233 g/mol. The molecule has 0 spiro atoms. The number of nitrogens with zero attached hydrogens (tertiary/aromatic N) is 1. The summed E-state index contributed by atoms with van der Waals surface area (Å²) in [6, 6.07) is 9.91. The van der Waals surface area contributed by atoms with Crippen molar-refractivity contribution in [2.45, 2.75) is 4.90 Å². The highest BCUT2D eigenvalue weighted by Crippen LogP contribution is 2.34. The van der Waals surface area contributed by atoms with Gasteiger partial charge in [-0.2, -0.15) is 3.89 Å². The maximum absolute atomic E-state index is 12.6. The van der Waals surface area contributed by atoms with E-state index in [9.17, 15) is 3.89 Å². The number of fused-ring (bicyclic) bond motifs is 1. The zero-order valence-electron chi connectivity index (χ0n) is 8.00. The van der Waals surface area contributed by atoms with Crippen LogP contribution in [0.1, 0.15) is 0 Å². The quantitative estimate of drug-likeness (QED) is 0.808. The molecule has 4 nitrogen and oxygen atoms in total. The van der Waals surface area contributed by atoms with Crippen LogP contribution in [0.15, 0.2) is 41.3 Å². The molecule has 2 aromatic rings. The zero-order chi connectivity index (χ0) is 11.5. The van der Waals surface area contributed by atoms with E-state index < -0.39 is 0 Å². The predicted octanol–water partition coefficient (Wildman–Crippen LogP) is 3.19. The van der Waals surface area contributed by atoms with E-state index in [0.717, 1.165) is 0 Å². The molecule has 84 valence electrons. The van der Waals surface area contributed by atoms with E-state index in [-0.39, 0.29) is 23.3 Å². The fourth-order valence-corrected chi connectivity index (χ4v) is 1.86.